The second kappa shape index (κ2) is 4.64. The lowest BCUT2D eigenvalue weighted by Crippen LogP contribution is -1.86. The zero-order valence-corrected chi connectivity index (χ0v) is 12.5. The molecule has 0 bridgehead atoms. The SMILES string of the molecule is Cc1ccc2c(c1)nc1sc(-c3ccc([N+](=O)[O-])cc3)cn12. The molecule has 0 aliphatic carbocycles. The standard InChI is InChI=1S/C16H11N3O2S/c1-10-2-7-14-13(8-10)17-16-18(14)9-15(22-16)11-3-5-12(6-4-11)19(20)21/h2-9H,1H3. The van der Waals surface area contributed by atoms with Gasteiger partial charge in [-0.3, -0.25) is 14.5 Å². The van der Waals surface area contributed by atoms with Crippen LogP contribution in [0.15, 0.2) is 48.7 Å². The van der Waals surface area contributed by atoms with E-state index < -0.39 is 0 Å². The number of fused-ring (bicyclic) bond motifs is 3. The van der Waals surface area contributed by atoms with Crippen molar-refractivity contribution in [2.24, 2.45) is 0 Å². The van der Waals surface area contributed by atoms with Crippen LogP contribution in [0.4, 0.5) is 5.69 Å². The molecule has 2 aromatic heterocycles. The molecule has 108 valence electrons. The number of aryl methyl sites for hydroxylation is 1. The van der Waals surface area contributed by atoms with E-state index in [1.54, 1.807) is 23.5 Å². The molecule has 5 nitrogen and oxygen atoms in total. The summed E-state index contributed by atoms with van der Waals surface area (Å²) >= 11 is 1.58. The fourth-order valence-electron chi connectivity index (χ4n) is 2.51. The van der Waals surface area contributed by atoms with Crippen LogP contribution in [0.5, 0.6) is 0 Å². The molecule has 0 aliphatic rings. The van der Waals surface area contributed by atoms with Crippen LogP contribution in [0.3, 0.4) is 0 Å². The molecule has 0 spiro atoms. The van der Waals surface area contributed by atoms with Crippen molar-refractivity contribution in [1.29, 1.82) is 0 Å². The lowest BCUT2D eigenvalue weighted by molar-refractivity contribution is -0.384. The number of nitro groups is 1. The van der Waals surface area contributed by atoms with Gasteiger partial charge in [0.05, 0.1) is 20.8 Å². The maximum atomic E-state index is 10.7. The van der Waals surface area contributed by atoms with Gasteiger partial charge in [-0.1, -0.05) is 17.4 Å². The Bertz CT molecular complexity index is 1020. The van der Waals surface area contributed by atoms with E-state index >= 15 is 0 Å². The summed E-state index contributed by atoms with van der Waals surface area (Å²) in [6.07, 6.45) is 2.03. The molecule has 22 heavy (non-hydrogen) atoms. The Labute approximate surface area is 129 Å². The molecule has 0 saturated carbocycles. The van der Waals surface area contributed by atoms with Gasteiger partial charge in [-0.15, -0.1) is 0 Å². The zero-order valence-electron chi connectivity index (χ0n) is 11.7. The summed E-state index contributed by atoms with van der Waals surface area (Å²) in [6, 6.07) is 12.8. The van der Waals surface area contributed by atoms with Crippen LogP contribution in [0.2, 0.25) is 0 Å². The van der Waals surface area contributed by atoms with Crippen LogP contribution in [-0.4, -0.2) is 14.3 Å². The van der Waals surface area contributed by atoms with Gasteiger partial charge >= 0.3 is 0 Å². The van der Waals surface area contributed by atoms with E-state index in [2.05, 4.69) is 34.5 Å². The molecule has 0 N–H and O–H groups in total. The van der Waals surface area contributed by atoms with Gasteiger partial charge in [-0.2, -0.15) is 0 Å². The van der Waals surface area contributed by atoms with Gasteiger partial charge in [0.1, 0.15) is 0 Å². The molecule has 0 unspecified atom stereocenters. The van der Waals surface area contributed by atoms with Crippen molar-refractivity contribution in [3.05, 3.63) is 64.3 Å². The Morgan fingerprint density at radius 1 is 1.18 bits per heavy atom. The summed E-state index contributed by atoms with van der Waals surface area (Å²) in [4.78, 5) is 16.9. The van der Waals surface area contributed by atoms with Gasteiger partial charge in [0.2, 0.25) is 0 Å². The van der Waals surface area contributed by atoms with Gasteiger partial charge in [-0.25, -0.2) is 4.98 Å². The van der Waals surface area contributed by atoms with E-state index in [9.17, 15) is 10.1 Å². The number of nitrogens with zero attached hydrogens (tertiary/aromatic N) is 3. The number of hydrogen-bond acceptors (Lipinski definition) is 4. The Kier molecular flexibility index (Phi) is 2.74. The number of rotatable bonds is 2. The molecule has 4 rings (SSSR count). The third kappa shape index (κ3) is 1.96. The molecule has 2 heterocycles. The molecule has 4 aromatic rings. The Morgan fingerprint density at radius 2 is 1.95 bits per heavy atom. The summed E-state index contributed by atoms with van der Waals surface area (Å²) in [7, 11) is 0. The average molecular weight is 309 g/mol. The maximum absolute atomic E-state index is 10.7. The summed E-state index contributed by atoms with van der Waals surface area (Å²) in [6.45, 7) is 2.05. The summed E-state index contributed by atoms with van der Waals surface area (Å²) in [5.74, 6) is 0. The monoisotopic (exact) mass is 309 g/mol. The zero-order chi connectivity index (χ0) is 15.3. The number of thiazole rings is 1. The Balaban J connectivity index is 1.84. The van der Waals surface area contributed by atoms with E-state index in [-0.39, 0.29) is 10.6 Å². The highest BCUT2D eigenvalue weighted by atomic mass is 32.1. The minimum Gasteiger partial charge on any atom is -0.290 e. The lowest BCUT2D eigenvalue weighted by atomic mass is 10.2. The number of aromatic nitrogens is 2. The average Bonchev–Trinajstić information content (AvgIpc) is 3.04. The van der Waals surface area contributed by atoms with Crippen LogP contribution < -0.4 is 0 Å². The first-order chi connectivity index (χ1) is 10.6. The molecule has 0 amide bonds. The van der Waals surface area contributed by atoms with Crippen LogP contribution in [0.1, 0.15) is 5.56 Å². The van der Waals surface area contributed by atoms with Crippen molar-refractivity contribution < 1.29 is 4.92 Å². The molecule has 6 heteroatoms. The fraction of sp³-hybridized carbons (Fsp3) is 0.0625. The largest absolute Gasteiger partial charge is 0.290 e. The predicted octanol–water partition coefficient (Wildman–Crippen LogP) is 4.43. The highest BCUT2D eigenvalue weighted by Crippen LogP contribution is 2.32. The Morgan fingerprint density at radius 3 is 2.68 bits per heavy atom. The van der Waals surface area contributed by atoms with E-state index in [1.165, 1.54) is 17.7 Å². The van der Waals surface area contributed by atoms with Gasteiger partial charge in [0, 0.05) is 18.3 Å². The summed E-state index contributed by atoms with van der Waals surface area (Å²) < 4.78 is 2.07. The van der Waals surface area contributed by atoms with Crippen molar-refractivity contribution in [3.8, 4) is 10.4 Å². The first kappa shape index (κ1) is 13.0. The third-order valence-corrected chi connectivity index (χ3v) is 4.65. The first-order valence-corrected chi connectivity index (χ1v) is 7.56. The van der Waals surface area contributed by atoms with E-state index in [4.69, 9.17) is 0 Å². The fourth-order valence-corrected chi connectivity index (χ4v) is 3.51. The number of non-ortho nitro benzene ring substituents is 1. The minimum atomic E-state index is -0.388. The molecule has 0 radical (unpaired) electrons. The first-order valence-electron chi connectivity index (χ1n) is 6.75. The van der Waals surface area contributed by atoms with E-state index in [0.29, 0.717) is 0 Å². The van der Waals surface area contributed by atoms with Gasteiger partial charge < -0.3 is 0 Å². The van der Waals surface area contributed by atoms with Crippen molar-refractivity contribution in [1.82, 2.24) is 9.38 Å². The van der Waals surface area contributed by atoms with Crippen molar-refractivity contribution in [3.63, 3.8) is 0 Å². The molecule has 0 atom stereocenters. The number of benzene rings is 2. The van der Waals surface area contributed by atoms with Crippen LogP contribution >= 0.6 is 11.3 Å². The second-order valence-electron chi connectivity index (χ2n) is 5.16. The van der Waals surface area contributed by atoms with Crippen molar-refractivity contribution in [2.75, 3.05) is 0 Å². The topological polar surface area (TPSA) is 60.4 Å². The van der Waals surface area contributed by atoms with Gasteiger partial charge in [0.15, 0.2) is 4.96 Å². The molecule has 0 aliphatic heterocycles. The van der Waals surface area contributed by atoms with E-state index in [0.717, 1.165) is 26.4 Å². The van der Waals surface area contributed by atoms with Crippen LogP contribution in [0.25, 0.3) is 26.4 Å². The normalized spacial score (nSPS) is 11.3. The van der Waals surface area contributed by atoms with Crippen molar-refractivity contribution in [2.45, 2.75) is 6.92 Å². The molecule has 0 saturated heterocycles. The highest BCUT2D eigenvalue weighted by molar-refractivity contribution is 7.20. The molecule has 0 fully saturated rings. The molecule has 2 aromatic carbocycles. The van der Waals surface area contributed by atoms with Crippen molar-refractivity contribution >= 4 is 33.0 Å². The molecular weight excluding hydrogens is 298 g/mol. The van der Waals surface area contributed by atoms with Crippen LogP contribution in [0, 0.1) is 17.0 Å². The predicted molar refractivity (Wildman–Crippen MR) is 87.4 cm³/mol. The summed E-state index contributed by atoms with van der Waals surface area (Å²) in [5.41, 5.74) is 4.31. The van der Waals surface area contributed by atoms with Gasteiger partial charge in [0.25, 0.3) is 5.69 Å². The van der Waals surface area contributed by atoms with Crippen LogP contribution in [-0.2, 0) is 0 Å². The second-order valence-corrected chi connectivity index (χ2v) is 6.17. The highest BCUT2D eigenvalue weighted by Gasteiger charge is 2.11. The lowest BCUT2D eigenvalue weighted by Gasteiger charge is -1.96. The smallest absolute Gasteiger partial charge is 0.269 e. The third-order valence-electron chi connectivity index (χ3n) is 3.62. The maximum Gasteiger partial charge on any atom is 0.269 e. The summed E-state index contributed by atoms with van der Waals surface area (Å²) in [5, 5.41) is 10.7. The number of nitro benzene ring substituents is 1. The molecular formula is C16H11N3O2S. The quantitative estimate of drug-likeness (QED) is 0.406. The number of imidazole rings is 1. The van der Waals surface area contributed by atoms with Gasteiger partial charge in [-0.05, 0) is 42.3 Å². The van der Waals surface area contributed by atoms with E-state index in [1.807, 2.05) is 6.20 Å². The number of hydrogen-bond donors (Lipinski definition) is 0. The Hall–Kier alpha value is -2.73. The minimum absolute atomic E-state index is 0.103.